The van der Waals surface area contributed by atoms with E-state index in [1.807, 2.05) is 12.1 Å². The molecule has 4 aromatic rings. The Hall–Kier alpha value is -6.01. The standard InChI is InChI=1S/C46H49ClFN9O7/c47-35-19-28(5-8-36(35)48)52-43-34-21-38(40(22-37(34)50-26-51-43)64-31-13-18-63-25-31)53-41(58)4-2-14-55-16-11-27(12-17-55)23-49-29-3-1-15-56(24-29)30-6-7-32-33(20-30)46(62)57(45(32)61)39-9-10-42(59)54-44(39)60/h2,4-8,19-22,26-27,29,31,39,49H,1,3,9-18,23-25H2,(H,53,58)(H,50,51,52)(H,54,59,60)/b4-2+/t29-,31+,39?/m1/s1. The normalized spacial score (nSPS) is 22.1. The Balaban J connectivity index is 0.758. The molecule has 0 spiro atoms. The highest BCUT2D eigenvalue weighted by Gasteiger charge is 2.45. The number of ether oxygens (including phenoxy) is 2. The Morgan fingerprint density at radius 3 is 2.61 bits per heavy atom. The van der Waals surface area contributed by atoms with Crippen molar-refractivity contribution in [3.8, 4) is 5.75 Å². The van der Waals surface area contributed by atoms with Crippen LogP contribution in [-0.4, -0.2) is 120 Å². The molecule has 1 unspecified atom stereocenters. The SMILES string of the molecule is O=C(/C=C/CN1CCC(CN[C@@H]2CCCN(c3ccc4c(c3)C(=O)N(C3CCC(=O)NC3=O)C4=O)C2)CC1)Nc1cc2c(Nc3ccc(F)c(Cl)c3)ncnc2cc1O[C@H]1CCOC1. The molecule has 6 heterocycles. The molecule has 4 N–H and O–H groups in total. The minimum atomic E-state index is -0.991. The Morgan fingerprint density at radius 2 is 1.81 bits per heavy atom. The third kappa shape index (κ3) is 9.57. The first kappa shape index (κ1) is 43.3. The highest BCUT2D eigenvalue weighted by molar-refractivity contribution is 6.31. The number of rotatable bonds is 13. The summed E-state index contributed by atoms with van der Waals surface area (Å²) in [6.45, 7) is 5.98. The highest BCUT2D eigenvalue weighted by Crippen LogP contribution is 2.36. The molecule has 18 heteroatoms. The first-order valence-electron chi connectivity index (χ1n) is 21.9. The zero-order valence-electron chi connectivity index (χ0n) is 35.1. The van der Waals surface area contributed by atoms with Crippen LogP contribution >= 0.6 is 11.6 Å². The van der Waals surface area contributed by atoms with Gasteiger partial charge in [0.25, 0.3) is 11.8 Å². The van der Waals surface area contributed by atoms with E-state index in [4.69, 9.17) is 21.1 Å². The maximum Gasteiger partial charge on any atom is 0.262 e. The Morgan fingerprint density at radius 1 is 0.969 bits per heavy atom. The van der Waals surface area contributed by atoms with Crippen LogP contribution in [0.3, 0.4) is 0 Å². The molecule has 0 radical (unpaired) electrons. The Kier molecular flexibility index (Phi) is 12.8. The molecule has 334 valence electrons. The summed E-state index contributed by atoms with van der Waals surface area (Å²) in [6, 6.07) is 12.4. The number of benzene rings is 3. The number of fused-ring (bicyclic) bond motifs is 2. The highest BCUT2D eigenvalue weighted by atomic mass is 35.5. The van der Waals surface area contributed by atoms with Crippen molar-refractivity contribution in [3.63, 3.8) is 0 Å². The number of carbonyl (C=O) groups is 5. The van der Waals surface area contributed by atoms with Crippen LogP contribution in [0.25, 0.3) is 10.9 Å². The summed E-state index contributed by atoms with van der Waals surface area (Å²) in [6.07, 6.45) is 9.66. The lowest BCUT2D eigenvalue weighted by molar-refractivity contribution is -0.136. The third-order valence-corrected chi connectivity index (χ3v) is 12.9. The average molecular weight is 894 g/mol. The van der Waals surface area contributed by atoms with Crippen molar-refractivity contribution in [2.24, 2.45) is 5.92 Å². The molecule has 16 nitrogen and oxygen atoms in total. The number of carbonyl (C=O) groups excluding carboxylic acids is 5. The van der Waals surface area contributed by atoms with Crippen LogP contribution in [0.1, 0.15) is 65.7 Å². The molecule has 5 amide bonds. The summed E-state index contributed by atoms with van der Waals surface area (Å²) in [7, 11) is 0. The van der Waals surface area contributed by atoms with Crippen molar-refractivity contribution in [1.29, 1.82) is 0 Å². The number of imide groups is 2. The van der Waals surface area contributed by atoms with E-state index in [9.17, 15) is 28.4 Å². The second kappa shape index (κ2) is 19.0. The van der Waals surface area contributed by atoms with E-state index in [1.54, 1.807) is 36.4 Å². The predicted molar refractivity (Wildman–Crippen MR) is 237 cm³/mol. The lowest BCUT2D eigenvalue weighted by Gasteiger charge is -2.37. The fourth-order valence-corrected chi connectivity index (χ4v) is 9.28. The summed E-state index contributed by atoms with van der Waals surface area (Å²) in [5.41, 5.74) is 3.01. The van der Waals surface area contributed by atoms with Gasteiger partial charge in [-0.3, -0.25) is 39.1 Å². The molecular formula is C46H49ClFN9O7. The Bertz CT molecular complexity index is 2510. The second-order valence-corrected chi connectivity index (χ2v) is 17.4. The molecule has 0 bridgehead atoms. The summed E-state index contributed by atoms with van der Waals surface area (Å²) in [5.74, 6) is -1.43. The average Bonchev–Trinajstić information content (AvgIpc) is 3.90. The first-order valence-corrected chi connectivity index (χ1v) is 22.2. The van der Waals surface area contributed by atoms with Gasteiger partial charge in [-0.2, -0.15) is 0 Å². The Labute approximate surface area is 373 Å². The number of hydrogen-bond donors (Lipinski definition) is 4. The van der Waals surface area contributed by atoms with E-state index in [-0.39, 0.29) is 47.0 Å². The monoisotopic (exact) mass is 893 g/mol. The predicted octanol–water partition coefficient (Wildman–Crippen LogP) is 5.20. The second-order valence-electron chi connectivity index (χ2n) is 17.0. The number of nitrogens with one attached hydrogen (secondary N) is 4. The number of anilines is 4. The van der Waals surface area contributed by atoms with Crippen molar-refractivity contribution in [1.82, 2.24) is 30.4 Å². The molecule has 64 heavy (non-hydrogen) atoms. The van der Waals surface area contributed by atoms with E-state index < -0.39 is 35.5 Å². The van der Waals surface area contributed by atoms with Crippen LogP contribution in [0.4, 0.5) is 27.3 Å². The molecule has 5 aliphatic rings. The van der Waals surface area contributed by atoms with Gasteiger partial charge in [-0.1, -0.05) is 17.7 Å². The van der Waals surface area contributed by atoms with Crippen LogP contribution in [-0.2, 0) is 19.1 Å². The molecule has 4 fully saturated rings. The fourth-order valence-electron chi connectivity index (χ4n) is 9.10. The molecule has 0 aliphatic carbocycles. The molecule has 4 saturated heterocycles. The molecule has 5 aliphatic heterocycles. The van der Waals surface area contributed by atoms with Gasteiger partial charge in [-0.25, -0.2) is 14.4 Å². The van der Waals surface area contributed by atoms with Gasteiger partial charge >= 0.3 is 0 Å². The van der Waals surface area contributed by atoms with Crippen LogP contribution in [0.2, 0.25) is 5.02 Å². The minimum absolute atomic E-state index is 0.0252. The van der Waals surface area contributed by atoms with Gasteiger partial charge in [-0.15, -0.1) is 0 Å². The van der Waals surface area contributed by atoms with E-state index in [0.717, 1.165) is 75.4 Å². The molecule has 3 aromatic carbocycles. The third-order valence-electron chi connectivity index (χ3n) is 12.6. The number of likely N-dealkylation sites (tertiary alicyclic amines) is 1. The van der Waals surface area contributed by atoms with Crippen LogP contribution in [0, 0.1) is 11.7 Å². The van der Waals surface area contributed by atoms with Gasteiger partial charge in [-0.05, 0) is 100 Å². The largest absolute Gasteiger partial charge is 0.486 e. The molecule has 3 atom stereocenters. The van der Waals surface area contributed by atoms with E-state index in [0.29, 0.717) is 59.5 Å². The van der Waals surface area contributed by atoms with E-state index in [2.05, 4.69) is 41.0 Å². The van der Waals surface area contributed by atoms with Gasteiger partial charge in [0.05, 0.1) is 40.6 Å². The molecule has 1 aromatic heterocycles. The van der Waals surface area contributed by atoms with Gasteiger partial charge in [0.15, 0.2) is 0 Å². The fraction of sp³-hybridized carbons (Fsp3) is 0.413. The molecular weight excluding hydrogens is 845 g/mol. The van der Waals surface area contributed by atoms with Gasteiger partial charge in [0.2, 0.25) is 17.7 Å². The van der Waals surface area contributed by atoms with Crippen molar-refractivity contribution in [2.45, 2.75) is 63.1 Å². The number of halogens is 2. The smallest absolute Gasteiger partial charge is 0.262 e. The van der Waals surface area contributed by atoms with Gasteiger partial charge in [0, 0.05) is 67.4 Å². The zero-order valence-corrected chi connectivity index (χ0v) is 35.9. The number of amides is 5. The van der Waals surface area contributed by atoms with Crippen molar-refractivity contribution < 1.29 is 37.8 Å². The quantitative estimate of drug-likeness (QED) is 0.102. The summed E-state index contributed by atoms with van der Waals surface area (Å²) < 4.78 is 25.6. The van der Waals surface area contributed by atoms with Crippen molar-refractivity contribution in [3.05, 3.63) is 89.0 Å². The van der Waals surface area contributed by atoms with E-state index in [1.165, 1.54) is 18.5 Å². The summed E-state index contributed by atoms with van der Waals surface area (Å²) in [5, 5.41) is 12.8. The number of aromatic nitrogens is 2. The van der Waals surface area contributed by atoms with Crippen LogP contribution < -0.4 is 30.9 Å². The van der Waals surface area contributed by atoms with Gasteiger partial charge < -0.3 is 30.3 Å². The van der Waals surface area contributed by atoms with E-state index >= 15 is 0 Å². The van der Waals surface area contributed by atoms with Crippen molar-refractivity contribution >= 4 is 74.9 Å². The lowest BCUT2D eigenvalue weighted by Crippen LogP contribution is -2.54. The van der Waals surface area contributed by atoms with Crippen LogP contribution in [0.15, 0.2) is 67.0 Å². The topological polar surface area (TPSA) is 187 Å². The molecule has 9 rings (SSSR count). The van der Waals surface area contributed by atoms with Gasteiger partial charge in [0.1, 0.15) is 35.9 Å². The maximum absolute atomic E-state index is 13.8. The van der Waals surface area contributed by atoms with Crippen LogP contribution in [0.5, 0.6) is 5.75 Å². The zero-order chi connectivity index (χ0) is 44.3. The number of piperidine rings is 3. The summed E-state index contributed by atoms with van der Waals surface area (Å²) >= 11 is 6.02. The van der Waals surface area contributed by atoms with Crippen molar-refractivity contribution in [2.75, 3.05) is 68.0 Å². The number of hydrogen-bond acceptors (Lipinski definition) is 13. The first-order chi connectivity index (χ1) is 31.1. The number of nitrogens with zero attached hydrogens (tertiary/aromatic N) is 5. The summed E-state index contributed by atoms with van der Waals surface area (Å²) in [4.78, 5) is 78.5. The lowest BCUT2D eigenvalue weighted by atomic mass is 9.95. The molecule has 0 saturated carbocycles. The maximum atomic E-state index is 13.8. The minimum Gasteiger partial charge on any atom is -0.486 e.